The van der Waals surface area contributed by atoms with Gasteiger partial charge in [-0.3, -0.25) is 0 Å². The minimum absolute atomic E-state index is 0.156. The van der Waals surface area contributed by atoms with Crippen molar-refractivity contribution in [1.29, 1.82) is 0 Å². The largest absolute Gasteiger partial charge is 0.464 e. The molecule has 0 aliphatic carbocycles. The predicted octanol–water partition coefficient (Wildman–Crippen LogP) is 3.51. The van der Waals surface area contributed by atoms with E-state index in [4.69, 9.17) is 9.16 Å². The topological polar surface area (TPSA) is 35.5 Å². The van der Waals surface area contributed by atoms with Crippen molar-refractivity contribution in [2.45, 2.75) is 45.8 Å². The van der Waals surface area contributed by atoms with Crippen LogP contribution in [0.15, 0.2) is 60.7 Å². The van der Waals surface area contributed by atoms with E-state index in [0.717, 1.165) is 10.4 Å². The van der Waals surface area contributed by atoms with Gasteiger partial charge in [0.05, 0.1) is 6.61 Å². The molecule has 2 aromatic carbocycles. The number of carbonyl (C=O) groups is 1. The van der Waals surface area contributed by atoms with Gasteiger partial charge in [-0.05, 0) is 29.3 Å². The fourth-order valence-corrected chi connectivity index (χ4v) is 7.91. The molecule has 1 atom stereocenters. The molecule has 0 radical (unpaired) electrons. The standard InChI is InChI=1S/C21H28O3Si/c1-6-23-20(22)17(2)24-25(21(3,4)5,18-13-9-7-10-14-18)19-15-11-8-12-16-19/h7-17H,6H2,1-5H3/t17-/m1/s1. The third-order valence-corrected chi connectivity index (χ3v) is 9.50. The number of ether oxygens (including phenoxy) is 1. The molecule has 0 saturated carbocycles. The van der Waals surface area contributed by atoms with Crippen molar-refractivity contribution in [3.8, 4) is 0 Å². The zero-order valence-corrected chi connectivity index (χ0v) is 16.8. The second-order valence-corrected chi connectivity index (χ2v) is 11.4. The molecule has 4 heteroatoms. The molecule has 0 aliphatic rings. The minimum Gasteiger partial charge on any atom is -0.464 e. The van der Waals surface area contributed by atoms with Gasteiger partial charge in [0, 0.05) is 0 Å². The molecule has 3 nitrogen and oxygen atoms in total. The summed E-state index contributed by atoms with van der Waals surface area (Å²) in [6.45, 7) is 10.5. The second-order valence-electron chi connectivity index (χ2n) is 7.18. The first-order valence-corrected chi connectivity index (χ1v) is 10.7. The van der Waals surface area contributed by atoms with Crippen LogP contribution in [-0.2, 0) is 14.0 Å². The number of benzene rings is 2. The second kappa shape index (κ2) is 7.98. The molecule has 0 spiro atoms. The van der Waals surface area contributed by atoms with Gasteiger partial charge in [0.15, 0.2) is 0 Å². The van der Waals surface area contributed by atoms with Gasteiger partial charge in [0.2, 0.25) is 0 Å². The number of rotatable bonds is 6. The third-order valence-electron chi connectivity index (χ3n) is 4.39. The van der Waals surface area contributed by atoms with Crippen molar-refractivity contribution in [2.75, 3.05) is 6.61 Å². The first-order valence-electron chi connectivity index (χ1n) is 8.78. The fourth-order valence-electron chi connectivity index (χ4n) is 3.26. The molecular formula is C21H28O3Si. The average molecular weight is 357 g/mol. The summed E-state index contributed by atoms with van der Waals surface area (Å²) in [7, 11) is -2.71. The van der Waals surface area contributed by atoms with E-state index in [1.165, 1.54) is 0 Å². The predicted molar refractivity (Wildman–Crippen MR) is 105 cm³/mol. The van der Waals surface area contributed by atoms with Gasteiger partial charge in [-0.2, -0.15) is 0 Å². The van der Waals surface area contributed by atoms with E-state index >= 15 is 0 Å². The molecule has 134 valence electrons. The molecule has 0 heterocycles. The maximum absolute atomic E-state index is 12.3. The van der Waals surface area contributed by atoms with Crippen LogP contribution in [0.1, 0.15) is 34.6 Å². The van der Waals surface area contributed by atoms with E-state index in [1.54, 1.807) is 6.92 Å². The summed E-state index contributed by atoms with van der Waals surface area (Å²) < 4.78 is 11.8. The third kappa shape index (κ3) is 4.02. The molecule has 0 amide bonds. The van der Waals surface area contributed by atoms with Crippen LogP contribution in [0.2, 0.25) is 5.04 Å². The number of esters is 1. The van der Waals surface area contributed by atoms with Crippen molar-refractivity contribution >= 4 is 24.7 Å². The lowest BCUT2D eigenvalue weighted by Crippen LogP contribution is -2.68. The van der Waals surface area contributed by atoms with Crippen LogP contribution in [0.3, 0.4) is 0 Å². The van der Waals surface area contributed by atoms with Gasteiger partial charge < -0.3 is 9.16 Å². The maximum Gasteiger partial charge on any atom is 0.333 e. The van der Waals surface area contributed by atoms with Gasteiger partial charge in [-0.15, -0.1) is 0 Å². The van der Waals surface area contributed by atoms with Crippen molar-refractivity contribution in [2.24, 2.45) is 0 Å². The molecule has 0 bridgehead atoms. The normalized spacial score (nSPS) is 13.3. The van der Waals surface area contributed by atoms with Crippen LogP contribution in [0.5, 0.6) is 0 Å². The summed E-state index contributed by atoms with van der Waals surface area (Å²) in [5.74, 6) is -0.310. The molecule has 0 unspecified atom stereocenters. The molecule has 0 N–H and O–H groups in total. The molecular weight excluding hydrogens is 328 g/mol. The van der Waals surface area contributed by atoms with Gasteiger partial charge in [0.1, 0.15) is 6.10 Å². The number of hydrogen-bond acceptors (Lipinski definition) is 3. The van der Waals surface area contributed by atoms with E-state index < -0.39 is 14.4 Å². The first kappa shape index (κ1) is 19.4. The van der Waals surface area contributed by atoms with Crippen molar-refractivity contribution < 1.29 is 14.0 Å². The lowest BCUT2D eigenvalue weighted by Gasteiger charge is -2.44. The Morgan fingerprint density at radius 1 is 0.960 bits per heavy atom. The smallest absolute Gasteiger partial charge is 0.333 e. The Morgan fingerprint density at radius 2 is 1.40 bits per heavy atom. The van der Waals surface area contributed by atoms with Crippen molar-refractivity contribution in [1.82, 2.24) is 0 Å². The monoisotopic (exact) mass is 356 g/mol. The zero-order chi connectivity index (χ0) is 18.5. The highest BCUT2D eigenvalue weighted by Crippen LogP contribution is 2.37. The van der Waals surface area contributed by atoms with E-state index in [1.807, 2.05) is 43.3 Å². The van der Waals surface area contributed by atoms with Gasteiger partial charge in [0.25, 0.3) is 8.32 Å². The molecule has 25 heavy (non-hydrogen) atoms. The Hall–Kier alpha value is -1.91. The quantitative estimate of drug-likeness (QED) is 0.587. The van der Waals surface area contributed by atoms with E-state index in [9.17, 15) is 4.79 Å². The summed E-state index contributed by atoms with van der Waals surface area (Å²) in [6, 6.07) is 20.6. The highest BCUT2D eigenvalue weighted by atomic mass is 28.4. The fraction of sp³-hybridized carbons (Fsp3) is 0.381. The van der Waals surface area contributed by atoms with Crippen LogP contribution in [-0.4, -0.2) is 27.0 Å². The Bertz CT molecular complexity index is 638. The highest BCUT2D eigenvalue weighted by molar-refractivity contribution is 6.99. The minimum atomic E-state index is -2.71. The summed E-state index contributed by atoms with van der Waals surface area (Å²) in [5, 5.41) is 2.16. The molecule has 0 fully saturated rings. The summed E-state index contributed by atoms with van der Waals surface area (Å²) in [4.78, 5) is 12.3. The van der Waals surface area contributed by atoms with E-state index in [0.29, 0.717) is 6.61 Å². The highest BCUT2D eigenvalue weighted by Gasteiger charge is 2.51. The van der Waals surface area contributed by atoms with Crippen LogP contribution >= 0.6 is 0 Å². The van der Waals surface area contributed by atoms with Crippen molar-refractivity contribution in [3.05, 3.63) is 60.7 Å². The zero-order valence-electron chi connectivity index (χ0n) is 15.8. The molecule has 0 aliphatic heterocycles. The lowest BCUT2D eigenvalue weighted by molar-refractivity contribution is -0.150. The molecule has 2 aromatic rings. The van der Waals surface area contributed by atoms with Crippen molar-refractivity contribution in [3.63, 3.8) is 0 Å². The van der Waals surface area contributed by atoms with Crippen LogP contribution in [0.25, 0.3) is 0 Å². The molecule has 0 saturated heterocycles. The van der Waals surface area contributed by atoms with Gasteiger partial charge in [-0.1, -0.05) is 81.4 Å². The number of hydrogen-bond donors (Lipinski definition) is 0. The summed E-state index contributed by atoms with van der Waals surface area (Å²) >= 11 is 0. The van der Waals surface area contributed by atoms with Crippen LogP contribution in [0, 0.1) is 0 Å². The Morgan fingerprint density at radius 3 is 1.76 bits per heavy atom. The summed E-state index contributed by atoms with van der Waals surface area (Å²) in [5.41, 5.74) is 0. The Labute approximate surface area is 152 Å². The van der Waals surface area contributed by atoms with E-state index in [2.05, 4.69) is 45.0 Å². The average Bonchev–Trinajstić information content (AvgIpc) is 2.60. The molecule has 2 rings (SSSR count). The summed E-state index contributed by atoms with van der Waals surface area (Å²) in [6.07, 6.45) is -0.619. The Balaban J connectivity index is 2.63. The maximum atomic E-state index is 12.3. The van der Waals surface area contributed by atoms with E-state index in [-0.39, 0.29) is 11.0 Å². The first-order chi connectivity index (χ1) is 11.8. The van der Waals surface area contributed by atoms with Gasteiger partial charge >= 0.3 is 5.97 Å². The SMILES string of the molecule is CCOC(=O)[C@@H](C)O[Si](c1ccccc1)(c1ccccc1)C(C)(C)C. The number of carbonyl (C=O) groups excluding carboxylic acids is 1. The lowest BCUT2D eigenvalue weighted by atomic mass is 10.2. The van der Waals surface area contributed by atoms with Crippen LogP contribution < -0.4 is 10.4 Å². The van der Waals surface area contributed by atoms with Crippen LogP contribution in [0.4, 0.5) is 0 Å². The molecule has 0 aromatic heterocycles. The van der Waals surface area contributed by atoms with Gasteiger partial charge in [-0.25, -0.2) is 4.79 Å². The Kier molecular flexibility index (Phi) is 6.19.